The number of hydrogen-bond donors (Lipinski definition) is 1. The van der Waals surface area contributed by atoms with Crippen molar-refractivity contribution in [2.24, 2.45) is 5.73 Å². The fourth-order valence-electron chi connectivity index (χ4n) is 3.26. The van der Waals surface area contributed by atoms with Crippen LogP contribution in [0.1, 0.15) is 48.6 Å². The minimum absolute atomic E-state index is 0.430. The van der Waals surface area contributed by atoms with Crippen LogP contribution in [0.15, 0.2) is 48.0 Å². The fourth-order valence-corrected chi connectivity index (χ4v) is 4.29. The third kappa shape index (κ3) is 4.37. The van der Waals surface area contributed by atoms with Crippen molar-refractivity contribution in [3.05, 3.63) is 75.0 Å². The summed E-state index contributed by atoms with van der Waals surface area (Å²) in [6.07, 6.45) is 4.85. The largest absolute Gasteiger partial charge is 0.366 e. The minimum Gasteiger partial charge on any atom is -0.366 e. The van der Waals surface area contributed by atoms with Gasteiger partial charge in [0, 0.05) is 16.3 Å². The highest BCUT2D eigenvalue weighted by molar-refractivity contribution is 7.11. The summed E-state index contributed by atoms with van der Waals surface area (Å²) in [5, 5.41) is 2.66. The second kappa shape index (κ2) is 9.22. The molecule has 28 heavy (non-hydrogen) atoms. The Balaban J connectivity index is 2.12. The van der Waals surface area contributed by atoms with E-state index in [1.54, 1.807) is 0 Å². The predicted molar refractivity (Wildman–Crippen MR) is 117 cm³/mol. The molecule has 2 aromatic heterocycles. The van der Waals surface area contributed by atoms with E-state index in [2.05, 4.69) is 16.5 Å². The molecular formula is C22H24ClN3OS. The van der Waals surface area contributed by atoms with Gasteiger partial charge in [-0.1, -0.05) is 49.2 Å². The smallest absolute Gasteiger partial charge is 0.250 e. The third-order valence-electron chi connectivity index (χ3n) is 4.75. The summed E-state index contributed by atoms with van der Waals surface area (Å²) < 4.78 is 2.16. The van der Waals surface area contributed by atoms with Crippen LogP contribution < -0.4 is 5.73 Å². The summed E-state index contributed by atoms with van der Waals surface area (Å²) in [7, 11) is 0. The molecule has 0 aliphatic rings. The van der Waals surface area contributed by atoms with Crippen molar-refractivity contribution < 1.29 is 4.79 Å². The van der Waals surface area contributed by atoms with E-state index in [0.717, 1.165) is 51.8 Å². The van der Waals surface area contributed by atoms with Gasteiger partial charge in [-0.25, -0.2) is 4.98 Å². The van der Waals surface area contributed by atoms with Gasteiger partial charge in [0.05, 0.1) is 24.0 Å². The zero-order valence-corrected chi connectivity index (χ0v) is 17.7. The van der Waals surface area contributed by atoms with Gasteiger partial charge in [-0.05, 0) is 42.0 Å². The molecule has 0 aliphatic heterocycles. The van der Waals surface area contributed by atoms with Crippen LogP contribution in [-0.2, 0) is 17.8 Å². The Bertz CT molecular complexity index is 989. The van der Waals surface area contributed by atoms with Crippen LogP contribution in [0.4, 0.5) is 0 Å². The summed E-state index contributed by atoms with van der Waals surface area (Å²) in [4.78, 5) is 17.8. The van der Waals surface area contributed by atoms with Crippen molar-refractivity contribution in [2.75, 3.05) is 0 Å². The van der Waals surface area contributed by atoms with Gasteiger partial charge in [0.2, 0.25) is 5.91 Å². The summed E-state index contributed by atoms with van der Waals surface area (Å²) >= 11 is 7.91. The SMILES string of the molecule is CCCCc1ncc(/C(C)=C(\C(N)=O)c2cccs2)n1Cc1ccccc1Cl. The molecule has 0 atom stereocenters. The van der Waals surface area contributed by atoms with Crippen LogP contribution in [0, 0.1) is 0 Å². The van der Waals surface area contributed by atoms with Gasteiger partial charge in [-0.3, -0.25) is 4.79 Å². The Labute approximate surface area is 174 Å². The number of imidazole rings is 1. The molecule has 0 radical (unpaired) electrons. The topological polar surface area (TPSA) is 60.9 Å². The average molecular weight is 414 g/mol. The quantitative estimate of drug-likeness (QED) is 0.502. The van der Waals surface area contributed by atoms with Gasteiger partial charge in [-0.15, -0.1) is 11.3 Å². The highest BCUT2D eigenvalue weighted by atomic mass is 35.5. The number of nitrogens with zero attached hydrogens (tertiary/aromatic N) is 2. The van der Waals surface area contributed by atoms with Crippen LogP contribution in [-0.4, -0.2) is 15.5 Å². The number of carbonyl (C=O) groups is 1. The lowest BCUT2D eigenvalue weighted by atomic mass is 10.0. The van der Waals surface area contributed by atoms with Crippen molar-refractivity contribution >= 4 is 40.0 Å². The number of primary amides is 1. The number of halogens is 1. The van der Waals surface area contributed by atoms with Crippen molar-refractivity contribution in [2.45, 2.75) is 39.7 Å². The zero-order chi connectivity index (χ0) is 20.1. The van der Waals surface area contributed by atoms with Gasteiger partial charge in [0.1, 0.15) is 5.82 Å². The van der Waals surface area contributed by atoms with Gasteiger partial charge < -0.3 is 10.3 Å². The Morgan fingerprint density at radius 2 is 2.04 bits per heavy atom. The molecule has 146 valence electrons. The number of aryl methyl sites for hydroxylation is 1. The lowest BCUT2D eigenvalue weighted by Crippen LogP contribution is -2.15. The Morgan fingerprint density at radius 3 is 2.68 bits per heavy atom. The van der Waals surface area contributed by atoms with Crippen molar-refractivity contribution in [3.8, 4) is 0 Å². The molecule has 4 nitrogen and oxygen atoms in total. The molecule has 0 saturated heterocycles. The molecule has 3 rings (SSSR count). The fraction of sp³-hybridized carbons (Fsp3) is 0.273. The first-order valence-corrected chi connectivity index (χ1v) is 10.6. The van der Waals surface area contributed by atoms with E-state index < -0.39 is 5.91 Å². The lowest BCUT2D eigenvalue weighted by molar-refractivity contribution is -0.112. The number of carbonyl (C=O) groups excluding carboxylic acids is 1. The number of benzene rings is 1. The van der Waals surface area contributed by atoms with Crippen LogP contribution in [0.5, 0.6) is 0 Å². The maximum absolute atomic E-state index is 12.2. The molecule has 6 heteroatoms. The number of aromatic nitrogens is 2. The zero-order valence-electron chi connectivity index (χ0n) is 16.1. The van der Waals surface area contributed by atoms with E-state index in [1.807, 2.05) is 54.9 Å². The molecule has 2 N–H and O–H groups in total. The molecule has 0 bridgehead atoms. The van der Waals surface area contributed by atoms with Crippen molar-refractivity contribution in [3.63, 3.8) is 0 Å². The summed E-state index contributed by atoms with van der Waals surface area (Å²) in [5.74, 6) is 0.562. The second-order valence-electron chi connectivity index (χ2n) is 6.68. The van der Waals surface area contributed by atoms with Crippen molar-refractivity contribution in [1.29, 1.82) is 0 Å². The summed E-state index contributed by atoms with van der Waals surface area (Å²) in [5.41, 5.74) is 9.02. The molecule has 3 aromatic rings. The van der Waals surface area contributed by atoms with E-state index in [9.17, 15) is 4.79 Å². The Hall–Kier alpha value is -2.37. The van der Waals surface area contributed by atoms with E-state index in [4.69, 9.17) is 17.3 Å². The first kappa shape index (κ1) is 20.4. The van der Waals surface area contributed by atoms with Gasteiger partial charge >= 0.3 is 0 Å². The number of amides is 1. The molecule has 1 aromatic carbocycles. The van der Waals surface area contributed by atoms with E-state index in [0.29, 0.717) is 12.1 Å². The van der Waals surface area contributed by atoms with Crippen LogP contribution >= 0.6 is 22.9 Å². The van der Waals surface area contributed by atoms with Crippen LogP contribution in [0.3, 0.4) is 0 Å². The monoisotopic (exact) mass is 413 g/mol. The van der Waals surface area contributed by atoms with E-state index >= 15 is 0 Å². The number of rotatable bonds is 8. The first-order valence-electron chi connectivity index (χ1n) is 9.35. The highest BCUT2D eigenvalue weighted by Crippen LogP contribution is 2.30. The van der Waals surface area contributed by atoms with E-state index in [-0.39, 0.29) is 0 Å². The van der Waals surface area contributed by atoms with Gasteiger partial charge in [0.25, 0.3) is 0 Å². The number of nitrogens with two attached hydrogens (primary N) is 1. The molecular weight excluding hydrogens is 390 g/mol. The third-order valence-corrected chi connectivity index (χ3v) is 6.01. The molecule has 0 unspecified atom stereocenters. The maximum atomic E-state index is 12.2. The molecule has 0 saturated carbocycles. The predicted octanol–water partition coefficient (Wildman–Crippen LogP) is 5.40. The maximum Gasteiger partial charge on any atom is 0.250 e. The Kier molecular flexibility index (Phi) is 6.70. The number of thiophene rings is 1. The van der Waals surface area contributed by atoms with Gasteiger partial charge in [-0.2, -0.15) is 0 Å². The number of allylic oxidation sites excluding steroid dienone is 1. The molecule has 0 spiro atoms. The summed E-state index contributed by atoms with van der Waals surface area (Å²) in [6.45, 7) is 4.70. The number of hydrogen-bond acceptors (Lipinski definition) is 3. The molecule has 2 heterocycles. The van der Waals surface area contributed by atoms with Crippen LogP contribution in [0.25, 0.3) is 11.1 Å². The van der Waals surface area contributed by atoms with Gasteiger partial charge in [0.15, 0.2) is 0 Å². The lowest BCUT2D eigenvalue weighted by Gasteiger charge is -2.15. The molecule has 1 amide bonds. The van der Waals surface area contributed by atoms with Crippen LogP contribution in [0.2, 0.25) is 5.02 Å². The second-order valence-corrected chi connectivity index (χ2v) is 8.04. The minimum atomic E-state index is -0.430. The average Bonchev–Trinajstić information content (AvgIpc) is 3.32. The highest BCUT2D eigenvalue weighted by Gasteiger charge is 2.19. The Morgan fingerprint density at radius 1 is 1.25 bits per heavy atom. The standard InChI is InChI=1S/C22H24ClN3OS/c1-3-4-11-20-25-13-18(26(20)14-16-8-5-6-9-17(16)23)15(2)21(22(24)27)19-10-7-12-28-19/h5-10,12-13H,3-4,11,14H2,1-2H3,(H2,24,27)/b21-15-. The van der Waals surface area contributed by atoms with E-state index in [1.165, 1.54) is 11.3 Å². The normalized spacial score (nSPS) is 12.1. The first-order chi connectivity index (χ1) is 13.5. The molecule has 0 aliphatic carbocycles. The van der Waals surface area contributed by atoms with Crippen molar-refractivity contribution in [1.82, 2.24) is 9.55 Å². The number of unbranched alkanes of at least 4 members (excludes halogenated alkanes) is 1. The molecule has 0 fully saturated rings. The summed E-state index contributed by atoms with van der Waals surface area (Å²) in [6, 6.07) is 11.6.